The number of carboxylic acids is 1. The number of aromatic hydroxyl groups is 1. The molecular formula is C21H34O3S. The molecular weight excluding hydrogens is 332 g/mol. The molecule has 0 aromatic heterocycles. The van der Waals surface area contributed by atoms with Gasteiger partial charge in [0.15, 0.2) is 0 Å². The predicted octanol–water partition coefficient (Wildman–Crippen LogP) is 5.33. The number of phenolic OH excluding ortho intramolecular Hbond substituents is 1. The lowest BCUT2D eigenvalue weighted by Gasteiger charge is -2.28. The van der Waals surface area contributed by atoms with Crippen LogP contribution in [0.4, 0.5) is 0 Å². The van der Waals surface area contributed by atoms with E-state index in [2.05, 4.69) is 66.3 Å². The molecule has 1 atom stereocenters. The van der Waals surface area contributed by atoms with E-state index in [9.17, 15) is 9.90 Å². The molecule has 1 rings (SSSR count). The van der Waals surface area contributed by atoms with Gasteiger partial charge in [-0.1, -0.05) is 60.1 Å². The molecule has 3 nitrogen and oxygen atoms in total. The van der Waals surface area contributed by atoms with Crippen LogP contribution in [-0.2, 0) is 22.0 Å². The van der Waals surface area contributed by atoms with E-state index in [-0.39, 0.29) is 16.7 Å². The summed E-state index contributed by atoms with van der Waals surface area (Å²) in [6.07, 6.45) is 3.37. The third-order valence-electron chi connectivity index (χ3n) is 4.62. The van der Waals surface area contributed by atoms with E-state index in [4.69, 9.17) is 5.11 Å². The van der Waals surface area contributed by atoms with Gasteiger partial charge < -0.3 is 10.2 Å². The maximum atomic E-state index is 11.1. The van der Waals surface area contributed by atoms with Gasteiger partial charge in [-0.15, -0.1) is 0 Å². The number of hydrogen-bond donors (Lipinski definition) is 3. The average Bonchev–Trinajstić information content (AvgIpc) is 2.45. The Balaban J connectivity index is 2.95. The second kappa shape index (κ2) is 8.48. The first-order chi connectivity index (χ1) is 11.4. The quantitative estimate of drug-likeness (QED) is 0.451. The molecule has 2 N–H and O–H groups in total. The highest BCUT2D eigenvalue weighted by atomic mass is 32.1. The van der Waals surface area contributed by atoms with E-state index < -0.39 is 5.97 Å². The average molecular weight is 367 g/mol. The van der Waals surface area contributed by atoms with Gasteiger partial charge in [-0.3, -0.25) is 4.79 Å². The van der Waals surface area contributed by atoms with Crippen molar-refractivity contribution in [1.29, 1.82) is 0 Å². The lowest BCUT2D eigenvalue weighted by Crippen LogP contribution is -2.18. The molecule has 142 valence electrons. The van der Waals surface area contributed by atoms with Crippen LogP contribution < -0.4 is 0 Å². The first-order valence-corrected chi connectivity index (χ1v) is 9.71. The highest BCUT2D eigenvalue weighted by Gasteiger charge is 2.26. The molecule has 1 unspecified atom stereocenters. The van der Waals surface area contributed by atoms with Gasteiger partial charge in [0.1, 0.15) is 5.75 Å². The molecule has 4 heteroatoms. The second-order valence-electron chi connectivity index (χ2n) is 9.00. The summed E-state index contributed by atoms with van der Waals surface area (Å²) in [4.78, 5) is 11.1. The van der Waals surface area contributed by atoms with E-state index in [1.54, 1.807) is 0 Å². The van der Waals surface area contributed by atoms with Gasteiger partial charge >= 0.3 is 5.97 Å². The van der Waals surface area contributed by atoms with Crippen molar-refractivity contribution in [2.24, 2.45) is 5.92 Å². The highest BCUT2D eigenvalue weighted by Crippen LogP contribution is 2.40. The van der Waals surface area contributed by atoms with Crippen molar-refractivity contribution in [3.05, 3.63) is 28.8 Å². The number of rotatable bonds is 7. The van der Waals surface area contributed by atoms with Crippen LogP contribution in [0, 0.1) is 5.92 Å². The molecule has 1 aromatic carbocycles. The number of thiol groups is 1. The first kappa shape index (κ1) is 21.9. The minimum Gasteiger partial charge on any atom is -0.507 e. The molecule has 0 aliphatic rings. The molecule has 0 bridgehead atoms. The van der Waals surface area contributed by atoms with Gasteiger partial charge in [0.25, 0.3) is 0 Å². The van der Waals surface area contributed by atoms with E-state index in [0.717, 1.165) is 30.4 Å². The maximum absolute atomic E-state index is 11.1. The third kappa shape index (κ3) is 6.25. The van der Waals surface area contributed by atoms with Crippen LogP contribution in [0.3, 0.4) is 0 Å². The fourth-order valence-corrected chi connectivity index (χ4v) is 3.33. The molecule has 0 aliphatic heterocycles. The van der Waals surface area contributed by atoms with Crippen LogP contribution in [-0.4, -0.2) is 21.9 Å². The number of carbonyl (C=O) groups is 1. The molecule has 0 radical (unpaired) electrons. The zero-order valence-corrected chi connectivity index (χ0v) is 17.4. The molecule has 1 aromatic rings. The number of carboxylic acid groups (broad SMARTS) is 1. The van der Waals surface area contributed by atoms with Gasteiger partial charge in [-0.2, -0.15) is 12.6 Å². The summed E-state index contributed by atoms with van der Waals surface area (Å²) in [6, 6.07) is 4.22. The zero-order chi connectivity index (χ0) is 19.4. The number of hydrogen-bond acceptors (Lipinski definition) is 3. The molecule has 0 amide bonds. The Morgan fingerprint density at radius 2 is 1.52 bits per heavy atom. The van der Waals surface area contributed by atoms with Crippen molar-refractivity contribution in [1.82, 2.24) is 0 Å². The Labute approximate surface area is 158 Å². The van der Waals surface area contributed by atoms with Crippen LogP contribution in [0.15, 0.2) is 12.1 Å². The summed E-state index contributed by atoms with van der Waals surface area (Å²) in [5.41, 5.74) is 2.92. The minimum absolute atomic E-state index is 0.124. The van der Waals surface area contributed by atoms with Crippen molar-refractivity contribution in [2.45, 2.75) is 78.1 Å². The summed E-state index contributed by atoms with van der Waals surface area (Å²) in [5.74, 6) is -0.329. The van der Waals surface area contributed by atoms with E-state index in [1.165, 1.54) is 5.56 Å². The van der Waals surface area contributed by atoms with E-state index >= 15 is 0 Å². The van der Waals surface area contributed by atoms with Crippen molar-refractivity contribution in [3.8, 4) is 5.75 Å². The largest absolute Gasteiger partial charge is 0.507 e. The maximum Gasteiger partial charge on any atom is 0.307 e. The summed E-state index contributed by atoms with van der Waals surface area (Å²) in [6.45, 7) is 12.7. The monoisotopic (exact) mass is 366 g/mol. The smallest absolute Gasteiger partial charge is 0.307 e. The number of aliphatic carboxylic acids is 1. The number of benzene rings is 1. The second-order valence-corrected chi connectivity index (χ2v) is 9.37. The summed E-state index contributed by atoms with van der Waals surface area (Å²) in [7, 11) is 0. The van der Waals surface area contributed by atoms with Gasteiger partial charge in [0.2, 0.25) is 0 Å². The predicted molar refractivity (Wildman–Crippen MR) is 108 cm³/mol. The molecule has 0 heterocycles. The summed E-state index contributed by atoms with van der Waals surface area (Å²) >= 11 is 4.12. The van der Waals surface area contributed by atoms with Gasteiger partial charge in [0.05, 0.1) is 5.92 Å². The number of aryl methyl sites for hydroxylation is 1. The van der Waals surface area contributed by atoms with Crippen molar-refractivity contribution >= 4 is 18.6 Å². The SMILES string of the molecule is CC(C)(C)c1cc(CCCCC(CS)C(=O)O)cc(C(C)(C)C)c1O. The first-order valence-electron chi connectivity index (χ1n) is 9.08. The van der Waals surface area contributed by atoms with Crippen LogP contribution in [0.2, 0.25) is 0 Å². The minimum atomic E-state index is -0.760. The summed E-state index contributed by atoms with van der Waals surface area (Å²) < 4.78 is 0. The molecule has 0 saturated heterocycles. The van der Waals surface area contributed by atoms with Crippen LogP contribution in [0.1, 0.15) is 77.5 Å². The molecule has 0 saturated carbocycles. The van der Waals surface area contributed by atoms with Crippen molar-refractivity contribution in [3.63, 3.8) is 0 Å². The molecule has 0 fully saturated rings. The fourth-order valence-electron chi connectivity index (χ4n) is 2.99. The lowest BCUT2D eigenvalue weighted by atomic mass is 9.78. The van der Waals surface area contributed by atoms with Crippen LogP contribution in [0.5, 0.6) is 5.75 Å². The van der Waals surface area contributed by atoms with Gasteiger partial charge in [0, 0.05) is 5.75 Å². The molecule has 0 spiro atoms. The Morgan fingerprint density at radius 1 is 1.04 bits per heavy atom. The van der Waals surface area contributed by atoms with Crippen molar-refractivity contribution in [2.75, 3.05) is 5.75 Å². The Hall–Kier alpha value is -1.16. The van der Waals surface area contributed by atoms with Crippen LogP contribution in [0.25, 0.3) is 0 Å². The number of phenols is 1. The zero-order valence-electron chi connectivity index (χ0n) is 16.5. The topological polar surface area (TPSA) is 57.5 Å². The fraction of sp³-hybridized carbons (Fsp3) is 0.667. The van der Waals surface area contributed by atoms with E-state index in [0.29, 0.717) is 17.9 Å². The number of unbranched alkanes of at least 4 members (excludes halogenated alkanes) is 1. The third-order valence-corrected chi connectivity index (χ3v) is 5.06. The summed E-state index contributed by atoms with van der Waals surface area (Å²) in [5, 5.41) is 19.8. The lowest BCUT2D eigenvalue weighted by molar-refractivity contribution is -0.141. The normalized spacial score (nSPS) is 13.7. The molecule has 0 aliphatic carbocycles. The van der Waals surface area contributed by atoms with Gasteiger partial charge in [-0.05, 0) is 46.8 Å². The van der Waals surface area contributed by atoms with Crippen molar-refractivity contribution < 1.29 is 15.0 Å². The molecule has 25 heavy (non-hydrogen) atoms. The van der Waals surface area contributed by atoms with E-state index in [1.807, 2.05) is 0 Å². The highest BCUT2D eigenvalue weighted by molar-refractivity contribution is 7.80. The Kier molecular flexibility index (Phi) is 7.42. The van der Waals surface area contributed by atoms with Gasteiger partial charge in [-0.25, -0.2) is 0 Å². The Morgan fingerprint density at radius 3 is 1.88 bits per heavy atom. The standard InChI is InChI=1S/C21H34O3S/c1-20(2,3)16-11-14(12-17(18(16)22)21(4,5)6)9-7-8-10-15(13-25)19(23)24/h11-12,15,22,25H,7-10,13H2,1-6H3,(H,23,24). The van der Waals surface area contributed by atoms with Crippen LogP contribution >= 0.6 is 12.6 Å². The Bertz CT molecular complexity index is 559.